The molecule has 3 amide bonds. The molecule has 1 aliphatic heterocycles. The van der Waals surface area contributed by atoms with Crippen LogP contribution < -0.4 is 10.6 Å². The van der Waals surface area contributed by atoms with Crippen molar-refractivity contribution in [1.82, 2.24) is 15.5 Å². The lowest BCUT2D eigenvalue weighted by Crippen LogP contribution is -2.48. The van der Waals surface area contributed by atoms with Crippen molar-refractivity contribution >= 4 is 40.9 Å². The van der Waals surface area contributed by atoms with Gasteiger partial charge in [0.1, 0.15) is 12.6 Å². The van der Waals surface area contributed by atoms with E-state index in [1.54, 1.807) is 13.8 Å². The molecule has 1 aliphatic rings. The van der Waals surface area contributed by atoms with E-state index in [0.717, 1.165) is 12.8 Å². The van der Waals surface area contributed by atoms with Gasteiger partial charge in [-0.25, -0.2) is 0 Å². The molecule has 1 saturated heterocycles. The van der Waals surface area contributed by atoms with Crippen LogP contribution in [0.25, 0.3) is 0 Å². The zero-order chi connectivity index (χ0) is 36.1. The van der Waals surface area contributed by atoms with Gasteiger partial charge in [0.2, 0.25) is 17.7 Å². The number of nitrogens with one attached hydrogen (secondary N) is 2. The minimum atomic E-state index is -0.777. The molecule has 1 heterocycles. The van der Waals surface area contributed by atoms with Crippen LogP contribution in [-0.4, -0.2) is 97.4 Å². The summed E-state index contributed by atoms with van der Waals surface area (Å²) in [6, 6.07) is -1.39. The van der Waals surface area contributed by atoms with Gasteiger partial charge >= 0.3 is 0 Å². The Balaban J connectivity index is 2.33. The number of hydrogen-bond donors (Lipinski definition) is 2. The second-order valence-electron chi connectivity index (χ2n) is 12.9. The number of ketones is 4. The zero-order valence-electron chi connectivity index (χ0n) is 29.4. The molecule has 48 heavy (non-hydrogen) atoms. The Kier molecular flexibility index (Phi) is 21.0. The second kappa shape index (κ2) is 23.8. The highest BCUT2D eigenvalue weighted by Crippen LogP contribution is 2.23. The monoisotopic (exact) mass is 675 g/mol. The Labute approximate surface area is 285 Å². The summed E-state index contributed by atoms with van der Waals surface area (Å²) in [5.41, 5.74) is 0.556. The molecule has 0 unspecified atom stereocenters. The van der Waals surface area contributed by atoms with Gasteiger partial charge in [0, 0.05) is 51.1 Å². The highest BCUT2D eigenvalue weighted by molar-refractivity contribution is 5.96. The van der Waals surface area contributed by atoms with Crippen molar-refractivity contribution in [3.8, 4) is 0 Å². The summed E-state index contributed by atoms with van der Waals surface area (Å²) in [5, 5.41) is 5.51. The van der Waals surface area contributed by atoms with E-state index in [9.17, 15) is 33.6 Å². The van der Waals surface area contributed by atoms with Gasteiger partial charge in [-0.05, 0) is 56.6 Å². The van der Waals surface area contributed by atoms with E-state index in [2.05, 4.69) is 23.8 Å². The number of ether oxygens (including phenoxy) is 2. The molecule has 0 spiro atoms. The summed E-state index contributed by atoms with van der Waals surface area (Å²) in [6.45, 7) is 15.7. The largest absolute Gasteiger partial charge is 0.377 e. The zero-order valence-corrected chi connectivity index (χ0v) is 29.4. The fraction of sp³-hybridized carbons (Fsp3) is 0.694. The normalized spacial score (nSPS) is 15.4. The Morgan fingerprint density at radius 1 is 0.917 bits per heavy atom. The van der Waals surface area contributed by atoms with E-state index in [1.165, 1.54) is 11.0 Å². The second-order valence-corrected chi connectivity index (χ2v) is 12.9. The van der Waals surface area contributed by atoms with Crippen LogP contribution in [0.1, 0.15) is 98.3 Å². The smallest absolute Gasteiger partial charge is 0.242 e. The van der Waals surface area contributed by atoms with E-state index < -0.39 is 23.9 Å². The predicted molar refractivity (Wildman–Crippen MR) is 182 cm³/mol. The van der Waals surface area contributed by atoms with Crippen LogP contribution in [0.3, 0.4) is 0 Å². The number of nitrogens with zero attached hydrogens (tertiary/aromatic N) is 1. The Bertz CT molecular complexity index is 1130. The molecule has 270 valence electrons. The van der Waals surface area contributed by atoms with Crippen molar-refractivity contribution in [3.05, 3.63) is 24.8 Å². The topological polar surface area (TPSA) is 165 Å². The number of likely N-dealkylation sites (tertiary alicyclic amines) is 1. The van der Waals surface area contributed by atoms with Crippen LogP contribution in [0.4, 0.5) is 0 Å². The van der Waals surface area contributed by atoms with Crippen molar-refractivity contribution in [2.24, 2.45) is 11.8 Å². The average Bonchev–Trinajstić information content (AvgIpc) is 3.53. The standard InChI is InChI=1S/C36H57N3O9/c1-7-28(40)23-27(6)36(46)39-18-11-13-31(39)33(43)15-16-34(44)38-30(22-25(2)3)35(45)37-17-19-47-20-21-48-24-29(41)12-9-8-10-14-32(42)26(4)5/h7,25,27,30-31H,1,4,8-24H2,2-3,5-6H3,(H,37,45)(H,38,44)/t27-,30+,31+/m1/s1. The number of allylic oxidation sites excluding steroid dienone is 2. The van der Waals surface area contributed by atoms with Crippen LogP contribution in [0, 0.1) is 11.8 Å². The fourth-order valence-electron chi connectivity index (χ4n) is 5.34. The van der Waals surface area contributed by atoms with Gasteiger partial charge in [0.05, 0.1) is 25.9 Å². The molecule has 12 heteroatoms. The molecule has 0 bridgehead atoms. The van der Waals surface area contributed by atoms with E-state index in [4.69, 9.17) is 9.47 Å². The molecule has 12 nitrogen and oxygen atoms in total. The molecule has 1 fully saturated rings. The maximum Gasteiger partial charge on any atom is 0.242 e. The van der Waals surface area contributed by atoms with E-state index in [-0.39, 0.29) is 93.1 Å². The minimum Gasteiger partial charge on any atom is -0.377 e. The summed E-state index contributed by atoms with van der Waals surface area (Å²) >= 11 is 0. The first-order valence-electron chi connectivity index (χ1n) is 17.2. The third kappa shape index (κ3) is 17.6. The van der Waals surface area contributed by atoms with E-state index in [0.29, 0.717) is 50.6 Å². The molecule has 0 aliphatic carbocycles. The van der Waals surface area contributed by atoms with E-state index in [1.807, 2.05) is 13.8 Å². The Morgan fingerprint density at radius 2 is 1.60 bits per heavy atom. The van der Waals surface area contributed by atoms with Gasteiger partial charge in [-0.15, -0.1) is 0 Å². The van der Waals surface area contributed by atoms with Crippen LogP contribution in [-0.2, 0) is 43.0 Å². The maximum atomic E-state index is 13.0. The fourth-order valence-corrected chi connectivity index (χ4v) is 5.34. The quantitative estimate of drug-likeness (QED) is 0.0980. The number of carbonyl (C=O) groups excluding carboxylic acids is 7. The molecular weight excluding hydrogens is 618 g/mol. The summed E-state index contributed by atoms with van der Waals surface area (Å²) in [6.07, 6.45) is 5.76. The third-order valence-corrected chi connectivity index (χ3v) is 8.04. The Hall–Kier alpha value is -3.51. The van der Waals surface area contributed by atoms with Crippen molar-refractivity contribution in [2.75, 3.05) is 39.5 Å². The lowest BCUT2D eigenvalue weighted by atomic mass is 10.00. The first-order valence-corrected chi connectivity index (χ1v) is 17.2. The van der Waals surface area contributed by atoms with Gasteiger partial charge in [0.15, 0.2) is 23.1 Å². The van der Waals surface area contributed by atoms with Gasteiger partial charge in [-0.3, -0.25) is 33.6 Å². The number of unbranched alkanes of at least 4 members (excludes halogenated alkanes) is 2. The van der Waals surface area contributed by atoms with Gasteiger partial charge in [-0.1, -0.05) is 40.3 Å². The number of Topliss-reactive ketones (excluding diaryl/α,β-unsaturated/α-hetero) is 3. The molecule has 0 radical (unpaired) electrons. The lowest BCUT2D eigenvalue weighted by molar-refractivity contribution is -0.141. The molecule has 0 aromatic rings. The highest BCUT2D eigenvalue weighted by atomic mass is 16.5. The average molecular weight is 676 g/mol. The third-order valence-electron chi connectivity index (χ3n) is 8.04. The number of carbonyl (C=O) groups is 7. The SMILES string of the molecule is C=CC(=O)C[C@@H](C)C(=O)N1CCC[C@H]1C(=O)CCC(=O)N[C@@H](CC(C)C)C(=O)NCCOCCOCC(=O)CCCCCC(=O)C(=C)C. The van der Waals surface area contributed by atoms with Crippen molar-refractivity contribution in [1.29, 1.82) is 0 Å². The van der Waals surface area contributed by atoms with Gasteiger partial charge < -0.3 is 25.0 Å². The predicted octanol–water partition coefficient (Wildman–Crippen LogP) is 3.45. The summed E-state index contributed by atoms with van der Waals surface area (Å²) < 4.78 is 10.8. The summed E-state index contributed by atoms with van der Waals surface area (Å²) in [7, 11) is 0. The minimum absolute atomic E-state index is 0.00146. The number of rotatable bonds is 27. The van der Waals surface area contributed by atoms with Crippen LogP contribution in [0.2, 0.25) is 0 Å². The Morgan fingerprint density at radius 3 is 2.27 bits per heavy atom. The maximum absolute atomic E-state index is 13.0. The van der Waals surface area contributed by atoms with E-state index >= 15 is 0 Å². The van der Waals surface area contributed by atoms with Crippen LogP contribution in [0.15, 0.2) is 24.8 Å². The molecular formula is C36H57N3O9. The first-order chi connectivity index (χ1) is 22.8. The van der Waals surface area contributed by atoms with Crippen molar-refractivity contribution in [2.45, 2.75) is 110 Å². The number of hydrogen-bond acceptors (Lipinski definition) is 9. The van der Waals surface area contributed by atoms with Crippen LogP contribution in [0.5, 0.6) is 0 Å². The molecule has 0 saturated carbocycles. The molecule has 0 aromatic carbocycles. The highest BCUT2D eigenvalue weighted by Gasteiger charge is 2.36. The first kappa shape index (κ1) is 42.5. The van der Waals surface area contributed by atoms with Crippen molar-refractivity contribution < 1.29 is 43.0 Å². The van der Waals surface area contributed by atoms with Gasteiger partial charge in [-0.2, -0.15) is 0 Å². The van der Waals surface area contributed by atoms with Gasteiger partial charge in [0.25, 0.3) is 0 Å². The summed E-state index contributed by atoms with van der Waals surface area (Å²) in [5.74, 6) is -1.86. The molecule has 1 rings (SSSR count). The lowest BCUT2D eigenvalue weighted by Gasteiger charge is -2.26. The molecule has 3 atom stereocenters. The van der Waals surface area contributed by atoms with Crippen molar-refractivity contribution in [3.63, 3.8) is 0 Å². The molecule has 2 N–H and O–H groups in total. The number of amides is 3. The summed E-state index contributed by atoms with van der Waals surface area (Å²) in [4.78, 5) is 88.1. The molecule has 0 aromatic heterocycles. The van der Waals surface area contributed by atoms with Crippen LogP contribution >= 0.6 is 0 Å².